The van der Waals surface area contributed by atoms with E-state index in [2.05, 4.69) is 6.92 Å². The van der Waals surface area contributed by atoms with Crippen molar-refractivity contribution in [1.29, 1.82) is 0 Å². The normalized spacial score (nSPS) is 13.0. The smallest absolute Gasteiger partial charge is 0.0431 e. The van der Waals surface area contributed by atoms with Crippen LogP contribution in [0.25, 0.3) is 0 Å². The maximum absolute atomic E-state index is 8.82. The van der Waals surface area contributed by atoms with Crippen molar-refractivity contribution < 1.29 is 10.2 Å². The van der Waals surface area contributed by atoms with Gasteiger partial charge in [-0.2, -0.15) is 0 Å². The molecule has 0 bridgehead atoms. The molecule has 0 aliphatic rings. The van der Waals surface area contributed by atoms with Crippen molar-refractivity contribution in [2.24, 2.45) is 5.92 Å². The average Bonchev–Trinajstić information content (AvgIpc) is 2.25. The van der Waals surface area contributed by atoms with E-state index in [1.165, 1.54) is 32.1 Å². The Labute approximate surface area is 94.7 Å². The fraction of sp³-hybridized carbons (Fsp3) is 1.00. The van der Waals surface area contributed by atoms with E-state index in [0.29, 0.717) is 13.2 Å². The monoisotopic (exact) mass is 216 g/mol. The molecule has 0 amide bonds. The van der Waals surface area contributed by atoms with Crippen molar-refractivity contribution in [3.63, 3.8) is 0 Å². The zero-order valence-corrected chi connectivity index (χ0v) is 10.2. The summed E-state index contributed by atoms with van der Waals surface area (Å²) in [6.45, 7) is 2.88. The van der Waals surface area contributed by atoms with Crippen LogP contribution in [0.2, 0.25) is 0 Å². The Morgan fingerprint density at radius 3 is 1.80 bits per heavy atom. The molecule has 1 unspecified atom stereocenters. The molecule has 0 spiro atoms. The van der Waals surface area contributed by atoms with E-state index in [4.69, 9.17) is 10.2 Å². The van der Waals surface area contributed by atoms with Gasteiger partial charge in [-0.05, 0) is 25.2 Å². The summed E-state index contributed by atoms with van der Waals surface area (Å²) in [5, 5.41) is 17.5. The molecule has 2 nitrogen and oxygen atoms in total. The molecule has 15 heavy (non-hydrogen) atoms. The van der Waals surface area contributed by atoms with Crippen LogP contribution in [0.4, 0.5) is 0 Å². The van der Waals surface area contributed by atoms with E-state index in [-0.39, 0.29) is 0 Å². The van der Waals surface area contributed by atoms with Crippen molar-refractivity contribution in [3.8, 4) is 0 Å². The Balaban J connectivity index is 3.53. The third kappa shape index (κ3) is 10.2. The summed E-state index contributed by atoms with van der Waals surface area (Å²) in [4.78, 5) is 0. The topological polar surface area (TPSA) is 40.5 Å². The highest BCUT2D eigenvalue weighted by molar-refractivity contribution is 4.60. The van der Waals surface area contributed by atoms with Crippen LogP contribution < -0.4 is 0 Å². The van der Waals surface area contributed by atoms with Gasteiger partial charge in [0.1, 0.15) is 0 Å². The Morgan fingerprint density at radius 2 is 1.27 bits per heavy atom. The molecule has 0 rings (SSSR count). The summed E-state index contributed by atoms with van der Waals surface area (Å²) >= 11 is 0. The van der Waals surface area contributed by atoms with Gasteiger partial charge < -0.3 is 10.2 Å². The summed E-state index contributed by atoms with van der Waals surface area (Å²) in [6, 6.07) is 0. The maximum Gasteiger partial charge on any atom is 0.0431 e. The van der Waals surface area contributed by atoms with Gasteiger partial charge in [0.25, 0.3) is 0 Å². The molecule has 92 valence electrons. The number of hydrogen-bond acceptors (Lipinski definition) is 2. The molecule has 0 aromatic heterocycles. The Kier molecular flexibility index (Phi) is 11.9. The van der Waals surface area contributed by atoms with E-state index in [1.807, 2.05) is 0 Å². The lowest BCUT2D eigenvalue weighted by Crippen LogP contribution is -2.03. The van der Waals surface area contributed by atoms with Gasteiger partial charge in [0.15, 0.2) is 0 Å². The van der Waals surface area contributed by atoms with Crippen LogP contribution in [0.1, 0.15) is 64.7 Å². The SMILES string of the molecule is CCCCCC(CCCO)CCCCO. The van der Waals surface area contributed by atoms with Crippen LogP contribution >= 0.6 is 0 Å². The minimum Gasteiger partial charge on any atom is -0.396 e. The van der Waals surface area contributed by atoms with Crippen molar-refractivity contribution in [2.45, 2.75) is 64.7 Å². The van der Waals surface area contributed by atoms with Gasteiger partial charge in [-0.1, -0.05) is 45.4 Å². The highest BCUT2D eigenvalue weighted by atomic mass is 16.3. The maximum atomic E-state index is 8.82. The predicted octanol–water partition coefficient (Wildman–Crippen LogP) is 3.12. The summed E-state index contributed by atoms with van der Waals surface area (Å²) < 4.78 is 0. The molecule has 2 N–H and O–H groups in total. The van der Waals surface area contributed by atoms with E-state index in [0.717, 1.165) is 31.6 Å². The third-order valence-electron chi connectivity index (χ3n) is 3.01. The number of hydrogen-bond donors (Lipinski definition) is 2. The number of unbranched alkanes of at least 4 members (excludes halogenated alkanes) is 3. The molecular weight excluding hydrogens is 188 g/mol. The van der Waals surface area contributed by atoms with Crippen LogP contribution in [0.3, 0.4) is 0 Å². The second-order valence-corrected chi connectivity index (χ2v) is 4.45. The van der Waals surface area contributed by atoms with Crippen molar-refractivity contribution >= 4 is 0 Å². The molecule has 0 saturated heterocycles. The second kappa shape index (κ2) is 12.0. The standard InChI is InChI=1S/C13H28O2/c1-2-3-4-8-13(10-7-12-15)9-5-6-11-14/h13-15H,2-12H2,1H3. The lowest BCUT2D eigenvalue weighted by atomic mass is 9.91. The van der Waals surface area contributed by atoms with E-state index in [1.54, 1.807) is 0 Å². The molecule has 0 aromatic rings. The Hall–Kier alpha value is -0.0800. The highest BCUT2D eigenvalue weighted by Crippen LogP contribution is 2.21. The molecule has 1 atom stereocenters. The largest absolute Gasteiger partial charge is 0.396 e. The molecular formula is C13H28O2. The summed E-state index contributed by atoms with van der Waals surface area (Å²) in [5.41, 5.74) is 0. The number of rotatable bonds is 11. The molecule has 0 aromatic carbocycles. The first kappa shape index (κ1) is 14.9. The van der Waals surface area contributed by atoms with Crippen LogP contribution in [0.5, 0.6) is 0 Å². The van der Waals surface area contributed by atoms with Crippen molar-refractivity contribution in [1.82, 2.24) is 0 Å². The molecule has 0 aliphatic carbocycles. The van der Waals surface area contributed by atoms with Crippen molar-refractivity contribution in [2.75, 3.05) is 13.2 Å². The lowest BCUT2D eigenvalue weighted by molar-refractivity contribution is 0.252. The zero-order valence-electron chi connectivity index (χ0n) is 10.2. The summed E-state index contributed by atoms with van der Waals surface area (Å²) in [6.07, 6.45) is 10.6. The minimum absolute atomic E-state index is 0.321. The second-order valence-electron chi connectivity index (χ2n) is 4.45. The summed E-state index contributed by atoms with van der Waals surface area (Å²) in [7, 11) is 0. The van der Waals surface area contributed by atoms with E-state index < -0.39 is 0 Å². The van der Waals surface area contributed by atoms with Crippen LogP contribution in [0, 0.1) is 5.92 Å². The Bertz CT molecular complexity index is 105. The fourth-order valence-electron chi connectivity index (χ4n) is 2.04. The molecule has 0 heterocycles. The molecule has 0 saturated carbocycles. The average molecular weight is 216 g/mol. The highest BCUT2D eigenvalue weighted by Gasteiger charge is 2.07. The molecule has 0 aliphatic heterocycles. The number of aliphatic hydroxyl groups is 2. The van der Waals surface area contributed by atoms with Gasteiger partial charge in [-0.3, -0.25) is 0 Å². The first-order valence-corrected chi connectivity index (χ1v) is 6.56. The molecule has 0 fully saturated rings. The minimum atomic E-state index is 0.321. The van der Waals surface area contributed by atoms with Crippen LogP contribution in [0.15, 0.2) is 0 Å². The van der Waals surface area contributed by atoms with Crippen LogP contribution in [-0.4, -0.2) is 23.4 Å². The molecule has 0 radical (unpaired) electrons. The van der Waals surface area contributed by atoms with E-state index >= 15 is 0 Å². The lowest BCUT2D eigenvalue weighted by Gasteiger charge is -2.15. The van der Waals surface area contributed by atoms with Gasteiger partial charge >= 0.3 is 0 Å². The number of aliphatic hydroxyl groups excluding tert-OH is 2. The van der Waals surface area contributed by atoms with Gasteiger partial charge in [0.05, 0.1) is 0 Å². The van der Waals surface area contributed by atoms with Gasteiger partial charge in [-0.25, -0.2) is 0 Å². The van der Waals surface area contributed by atoms with Crippen molar-refractivity contribution in [3.05, 3.63) is 0 Å². The van der Waals surface area contributed by atoms with Gasteiger partial charge in [-0.15, -0.1) is 0 Å². The van der Waals surface area contributed by atoms with Gasteiger partial charge in [0.2, 0.25) is 0 Å². The third-order valence-corrected chi connectivity index (χ3v) is 3.01. The quantitative estimate of drug-likeness (QED) is 0.521. The summed E-state index contributed by atoms with van der Waals surface area (Å²) in [5.74, 6) is 0.773. The Morgan fingerprint density at radius 1 is 0.733 bits per heavy atom. The predicted molar refractivity (Wildman–Crippen MR) is 64.9 cm³/mol. The molecule has 2 heteroatoms. The van der Waals surface area contributed by atoms with E-state index in [9.17, 15) is 0 Å². The zero-order chi connectivity index (χ0) is 11.4. The first-order chi connectivity index (χ1) is 7.35. The first-order valence-electron chi connectivity index (χ1n) is 6.56. The van der Waals surface area contributed by atoms with Crippen LogP contribution in [-0.2, 0) is 0 Å². The van der Waals surface area contributed by atoms with Gasteiger partial charge in [0, 0.05) is 13.2 Å². The fourth-order valence-corrected chi connectivity index (χ4v) is 2.04.